The molecule has 0 aliphatic heterocycles. The first-order valence-electron chi connectivity index (χ1n) is 9.00. The van der Waals surface area contributed by atoms with Gasteiger partial charge in [-0.1, -0.05) is 48.0 Å². The molecule has 2 aromatic rings. The normalized spacial score (nSPS) is 12.5. The van der Waals surface area contributed by atoms with Crippen LogP contribution in [0.1, 0.15) is 56.7 Å². The van der Waals surface area contributed by atoms with Gasteiger partial charge >= 0.3 is 0 Å². The maximum Gasteiger partial charge on any atom is 0.119 e. The zero-order valence-corrected chi connectivity index (χ0v) is 16.9. The number of nitrogens with zero attached hydrogens (tertiary/aromatic N) is 1. The van der Waals surface area contributed by atoms with E-state index in [1.807, 2.05) is 18.2 Å². The Balaban J connectivity index is 0.00000312. The number of aromatic hydroxyl groups is 1. The van der Waals surface area contributed by atoms with Crippen LogP contribution in [-0.2, 0) is 0 Å². The molecule has 0 aliphatic rings. The third-order valence-electron chi connectivity index (χ3n) is 4.76. The number of halogens is 1. The van der Waals surface area contributed by atoms with E-state index in [0.29, 0.717) is 17.8 Å². The summed E-state index contributed by atoms with van der Waals surface area (Å²) in [6.45, 7) is 12.1. The maximum absolute atomic E-state index is 10.4. The molecule has 0 heterocycles. The summed E-state index contributed by atoms with van der Waals surface area (Å²) in [6.07, 6.45) is 0.997. The van der Waals surface area contributed by atoms with Gasteiger partial charge in [0.2, 0.25) is 0 Å². The Morgan fingerprint density at radius 2 is 1.52 bits per heavy atom. The predicted octanol–water partition coefficient (Wildman–Crippen LogP) is 5.76. The highest BCUT2D eigenvalue weighted by Gasteiger charge is 2.21. The van der Waals surface area contributed by atoms with Crippen molar-refractivity contribution in [2.24, 2.45) is 0 Å². The molecule has 0 fully saturated rings. The van der Waals surface area contributed by atoms with E-state index in [-0.39, 0.29) is 18.3 Å². The van der Waals surface area contributed by atoms with Gasteiger partial charge in [0.05, 0.1) is 0 Å². The van der Waals surface area contributed by atoms with Crippen molar-refractivity contribution >= 4 is 12.4 Å². The van der Waals surface area contributed by atoms with E-state index in [1.165, 1.54) is 11.1 Å². The number of phenols is 1. The summed E-state index contributed by atoms with van der Waals surface area (Å²) in [5.74, 6) is 0.612. The molecule has 0 bridgehead atoms. The van der Waals surface area contributed by atoms with Crippen LogP contribution < -0.4 is 0 Å². The van der Waals surface area contributed by atoms with E-state index in [2.05, 4.69) is 69.9 Å². The Bertz CT molecular complexity index is 632. The van der Waals surface area contributed by atoms with E-state index >= 15 is 0 Å². The van der Waals surface area contributed by atoms with Crippen LogP contribution in [0.2, 0.25) is 0 Å². The topological polar surface area (TPSA) is 23.5 Å². The quantitative estimate of drug-likeness (QED) is 0.677. The SMILES string of the molecule is Cc1ccc(O)c(C(CCN(C(C)C)C(C)C)c2ccccc2)c1.Cl. The summed E-state index contributed by atoms with van der Waals surface area (Å²) in [5.41, 5.74) is 3.49. The first-order valence-corrected chi connectivity index (χ1v) is 9.00. The van der Waals surface area contributed by atoms with Gasteiger partial charge in [0.15, 0.2) is 0 Å². The molecule has 0 saturated heterocycles. The molecule has 0 aromatic heterocycles. The Morgan fingerprint density at radius 3 is 2.08 bits per heavy atom. The van der Waals surface area contributed by atoms with Crippen molar-refractivity contribution < 1.29 is 5.11 Å². The first-order chi connectivity index (χ1) is 11.4. The molecule has 2 aromatic carbocycles. The minimum Gasteiger partial charge on any atom is -0.508 e. The Kier molecular flexibility index (Phi) is 8.47. The number of hydrogen-bond acceptors (Lipinski definition) is 2. The lowest BCUT2D eigenvalue weighted by Gasteiger charge is -2.32. The monoisotopic (exact) mass is 361 g/mol. The van der Waals surface area contributed by atoms with Gasteiger partial charge in [0.1, 0.15) is 5.75 Å². The molecule has 1 N–H and O–H groups in total. The van der Waals surface area contributed by atoms with E-state index in [9.17, 15) is 5.11 Å². The molecule has 138 valence electrons. The van der Waals surface area contributed by atoms with Crippen LogP contribution in [0.4, 0.5) is 0 Å². The average Bonchev–Trinajstić information content (AvgIpc) is 2.54. The highest BCUT2D eigenvalue weighted by atomic mass is 35.5. The zero-order valence-electron chi connectivity index (χ0n) is 16.1. The standard InChI is InChI=1S/C22H31NO.ClH/c1-16(2)23(17(3)4)14-13-20(19-9-7-6-8-10-19)21-15-18(5)11-12-22(21)24;/h6-12,15-17,20,24H,13-14H2,1-5H3;1H. The fourth-order valence-electron chi connectivity index (χ4n) is 3.53. The predicted molar refractivity (Wildman–Crippen MR) is 110 cm³/mol. The van der Waals surface area contributed by atoms with Crippen LogP contribution >= 0.6 is 12.4 Å². The molecule has 1 atom stereocenters. The van der Waals surface area contributed by atoms with Crippen LogP contribution in [0.25, 0.3) is 0 Å². The molecule has 2 rings (SSSR count). The van der Waals surface area contributed by atoms with Crippen LogP contribution in [0.15, 0.2) is 48.5 Å². The van der Waals surface area contributed by atoms with E-state index < -0.39 is 0 Å². The third-order valence-corrected chi connectivity index (χ3v) is 4.76. The van der Waals surface area contributed by atoms with E-state index in [4.69, 9.17) is 0 Å². The largest absolute Gasteiger partial charge is 0.508 e. The Labute approximate surface area is 159 Å². The summed E-state index contributed by atoms with van der Waals surface area (Å²) in [4.78, 5) is 2.52. The Morgan fingerprint density at radius 1 is 0.920 bits per heavy atom. The van der Waals surface area contributed by atoms with Crippen molar-refractivity contribution in [3.8, 4) is 5.75 Å². The minimum atomic E-state index is 0. The van der Waals surface area contributed by atoms with Gasteiger partial charge in [0.25, 0.3) is 0 Å². The lowest BCUT2D eigenvalue weighted by atomic mass is 9.87. The molecule has 3 heteroatoms. The molecule has 2 nitrogen and oxygen atoms in total. The maximum atomic E-state index is 10.4. The molecule has 0 radical (unpaired) electrons. The molecular formula is C22H32ClNO. The van der Waals surface area contributed by atoms with Gasteiger partial charge in [-0.3, -0.25) is 4.90 Å². The molecule has 0 aliphatic carbocycles. The summed E-state index contributed by atoms with van der Waals surface area (Å²) in [5, 5.41) is 10.4. The van der Waals surface area contributed by atoms with Gasteiger partial charge in [0, 0.05) is 23.6 Å². The van der Waals surface area contributed by atoms with E-state index in [0.717, 1.165) is 18.5 Å². The van der Waals surface area contributed by atoms with Crippen molar-refractivity contribution in [2.45, 2.75) is 59.0 Å². The van der Waals surface area contributed by atoms with Gasteiger partial charge in [-0.15, -0.1) is 12.4 Å². The summed E-state index contributed by atoms with van der Waals surface area (Å²) < 4.78 is 0. The zero-order chi connectivity index (χ0) is 17.7. The lowest BCUT2D eigenvalue weighted by Crippen LogP contribution is -2.38. The molecule has 0 amide bonds. The second-order valence-corrected chi connectivity index (χ2v) is 7.24. The summed E-state index contributed by atoms with van der Waals surface area (Å²) in [7, 11) is 0. The van der Waals surface area contributed by atoms with Crippen molar-refractivity contribution in [1.29, 1.82) is 0 Å². The average molecular weight is 362 g/mol. The number of hydrogen-bond donors (Lipinski definition) is 1. The number of rotatable bonds is 7. The minimum absolute atomic E-state index is 0. The van der Waals surface area contributed by atoms with Crippen molar-refractivity contribution in [1.82, 2.24) is 4.90 Å². The summed E-state index contributed by atoms with van der Waals surface area (Å²) >= 11 is 0. The number of benzene rings is 2. The fraction of sp³-hybridized carbons (Fsp3) is 0.455. The molecule has 25 heavy (non-hydrogen) atoms. The second kappa shape index (κ2) is 9.84. The molecule has 0 spiro atoms. The van der Waals surface area contributed by atoms with Crippen LogP contribution in [0.5, 0.6) is 5.75 Å². The van der Waals surface area contributed by atoms with Crippen molar-refractivity contribution in [2.75, 3.05) is 6.54 Å². The van der Waals surface area contributed by atoms with Gasteiger partial charge in [-0.25, -0.2) is 0 Å². The smallest absolute Gasteiger partial charge is 0.119 e. The fourth-order valence-corrected chi connectivity index (χ4v) is 3.53. The van der Waals surface area contributed by atoms with Gasteiger partial charge in [-0.2, -0.15) is 0 Å². The number of phenolic OH excluding ortho intramolecular Hbond substituents is 1. The highest BCUT2D eigenvalue weighted by Crippen LogP contribution is 2.35. The second-order valence-electron chi connectivity index (χ2n) is 7.24. The number of aryl methyl sites for hydroxylation is 1. The van der Waals surface area contributed by atoms with Crippen molar-refractivity contribution in [3.05, 3.63) is 65.2 Å². The molecular weight excluding hydrogens is 330 g/mol. The van der Waals surface area contributed by atoms with Crippen LogP contribution in [0, 0.1) is 6.92 Å². The van der Waals surface area contributed by atoms with Crippen molar-refractivity contribution in [3.63, 3.8) is 0 Å². The van der Waals surface area contributed by atoms with Gasteiger partial charge < -0.3 is 5.11 Å². The summed E-state index contributed by atoms with van der Waals surface area (Å²) in [6, 6.07) is 17.5. The molecule has 1 unspecified atom stereocenters. The van der Waals surface area contributed by atoms with Crippen LogP contribution in [-0.4, -0.2) is 28.6 Å². The lowest BCUT2D eigenvalue weighted by molar-refractivity contribution is 0.170. The van der Waals surface area contributed by atoms with Crippen LogP contribution in [0.3, 0.4) is 0 Å². The highest BCUT2D eigenvalue weighted by molar-refractivity contribution is 5.85. The first kappa shape index (κ1) is 21.5. The Hall–Kier alpha value is -1.51. The van der Waals surface area contributed by atoms with Gasteiger partial charge in [-0.05, 0) is 59.2 Å². The molecule has 0 saturated carbocycles. The van der Waals surface area contributed by atoms with E-state index in [1.54, 1.807) is 0 Å². The third kappa shape index (κ3) is 5.76.